The van der Waals surface area contributed by atoms with Gasteiger partial charge in [-0.1, -0.05) is 46.9 Å². The number of piperazine rings is 1. The molecule has 1 aromatic heterocycles. The number of hydrogen-bond acceptors (Lipinski definition) is 4. The standard InChI is InChI=1S/C24H21Cl3FN5O/c1-14-20(24(34)32-11-9-31(10-12-32)16-7-5-15(28)6-8-16)22(17-3-2-4-18(25)21(17)27)33-23(30-14)19(26)13-29-33/h2-8,13,22,30H,9-12H2,1H3. The number of anilines is 2. The zero-order chi connectivity index (χ0) is 24.0. The van der Waals surface area contributed by atoms with Gasteiger partial charge in [0, 0.05) is 43.1 Å². The molecule has 1 atom stereocenters. The van der Waals surface area contributed by atoms with Crippen LogP contribution in [-0.2, 0) is 4.79 Å². The third-order valence-corrected chi connectivity index (χ3v) is 7.35. The lowest BCUT2D eigenvalue weighted by Gasteiger charge is -2.38. The molecule has 34 heavy (non-hydrogen) atoms. The molecule has 2 aliphatic rings. The first-order valence-corrected chi connectivity index (χ1v) is 11.9. The minimum Gasteiger partial charge on any atom is -0.368 e. The van der Waals surface area contributed by atoms with Gasteiger partial charge in [0.15, 0.2) is 0 Å². The average Bonchev–Trinajstić information content (AvgIpc) is 3.20. The van der Waals surface area contributed by atoms with Crippen LogP contribution in [0.2, 0.25) is 15.1 Å². The topological polar surface area (TPSA) is 53.4 Å². The molecule has 2 aromatic carbocycles. The summed E-state index contributed by atoms with van der Waals surface area (Å²) in [5.74, 6) is 0.216. The Labute approximate surface area is 211 Å². The van der Waals surface area contributed by atoms with Crippen LogP contribution in [0.4, 0.5) is 15.9 Å². The third kappa shape index (κ3) is 4.02. The Morgan fingerprint density at radius 3 is 2.44 bits per heavy atom. The highest BCUT2D eigenvalue weighted by atomic mass is 35.5. The largest absolute Gasteiger partial charge is 0.368 e. The second kappa shape index (κ2) is 9.13. The van der Waals surface area contributed by atoms with Crippen molar-refractivity contribution in [3.8, 4) is 0 Å². The van der Waals surface area contributed by atoms with Crippen molar-refractivity contribution in [2.75, 3.05) is 36.4 Å². The van der Waals surface area contributed by atoms with E-state index in [1.807, 2.05) is 17.9 Å². The number of fused-ring (bicyclic) bond motifs is 1. The molecule has 0 saturated carbocycles. The van der Waals surface area contributed by atoms with E-state index < -0.39 is 6.04 Å². The van der Waals surface area contributed by atoms with Crippen LogP contribution in [0.1, 0.15) is 18.5 Å². The maximum absolute atomic E-state index is 13.9. The molecule has 1 amide bonds. The van der Waals surface area contributed by atoms with Gasteiger partial charge >= 0.3 is 0 Å². The molecule has 0 aliphatic carbocycles. The summed E-state index contributed by atoms with van der Waals surface area (Å²) in [4.78, 5) is 17.8. The molecule has 1 N–H and O–H groups in total. The van der Waals surface area contributed by atoms with Crippen molar-refractivity contribution in [3.05, 3.63) is 86.4 Å². The maximum atomic E-state index is 13.9. The van der Waals surface area contributed by atoms with Gasteiger partial charge in [0.25, 0.3) is 5.91 Å². The van der Waals surface area contributed by atoms with E-state index in [9.17, 15) is 9.18 Å². The zero-order valence-electron chi connectivity index (χ0n) is 18.2. The number of halogens is 4. The van der Waals surface area contributed by atoms with Gasteiger partial charge < -0.3 is 15.1 Å². The van der Waals surface area contributed by atoms with E-state index in [-0.39, 0.29) is 11.7 Å². The Morgan fingerprint density at radius 1 is 1.03 bits per heavy atom. The van der Waals surface area contributed by atoms with E-state index >= 15 is 0 Å². The van der Waals surface area contributed by atoms with E-state index in [0.717, 1.165) is 5.69 Å². The molecular formula is C24H21Cl3FN5O. The number of hydrogen-bond donors (Lipinski definition) is 1. The number of rotatable bonds is 3. The van der Waals surface area contributed by atoms with E-state index in [2.05, 4.69) is 15.3 Å². The van der Waals surface area contributed by atoms with Crippen molar-refractivity contribution in [3.63, 3.8) is 0 Å². The van der Waals surface area contributed by atoms with Crippen LogP contribution in [-0.4, -0.2) is 46.8 Å². The Morgan fingerprint density at radius 2 is 1.74 bits per heavy atom. The average molecular weight is 521 g/mol. The fraction of sp³-hybridized carbons (Fsp3) is 0.250. The number of nitrogens with zero attached hydrogens (tertiary/aromatic N) is 4. The lowest BCUT2D eigenvalue weighted by molar-refractivity contribution is -0.127. The van der Waals surface area contributed by atoms with Crippen LogP contribution in [0.25, 0.3) is 0 Å². The van der Waals surface area contributed by atoms with Gasteiger partial charge in [-0.2, -0.15) is 5.10 Å². The highest BCUT2D eigenvalue weighted by molar-refractivity contribution is 6.42. The van der Waals surface area contributed by atoms with E-state index in [1.165, 1.54) is 18.3 Å². The van der Waals surface area contributed by atoms with Crippen molar-refractivity contribution in [2.24, 2.45) is 0 Å². The van der Waals surface area contributed by atoms with Crippen LogP contribution >= 0.6 is 34.8 Å². The lowest BCUT2D eigenvalue weighted by atomic mass is 9.94. The predicted octanol–water partition coefficient (Wildman–Crippen LogP) is 5.62. The first kappa shape index (κ1) is 23.0. The van der Waals surface area contributed by atoms with Crippen molar-refractivity contribution < 1.29 is 9.18 Å². The Bertz CT molecular complexity index is 1280. The van der Waals surface area contributed by atoms with E-state index in [0.29, 0.717) is 63.9 Å². The molecule has 3 heterocycles. The highest BCUT2D eigenvalue weighted by Gasteiger charge is 2.38. The minimum atomic E-state index is -0.586. The summed E-state index contributed by atoms with van der Waals surface area (Å²) >= 11 is 19.3. The zero-order valence-corrected chi connectivity index (χ0v) is 20.5. The summed E-state index contributed by atoms with van der Waals surface area (Å²) in [6.07, 6.45) is 1.54. The minimum absolute atomic E-state index is 0.109. The van der Waals surface area contributed by atoms with E-state index in [1.54, 1.807) is 28.9 Å². The number of nitrogens with one attached hydrogen (secondary N) is 1. The van der Waals surface area contributed by atoms with Crippen LogP contribution in [0.5, 0.6) is 0 Å². The van der Waals surface area contributed by atoms with Crippen LogP contribution < -0.4 is 10.2 Å². The molecule has 2 aliphatic heterocycles. The van der Waals surface area contributed by atoms with Gasteiger partial charge in [-0.25, -0.2) is 9.07 Å². The number of amides is 1. The monoisotopic (exact) mass is 519 g/mol. The van der Waals surface area contributed by atoms with Gasteiger partial charge in [-0.05, 0) is 37.3 Å². The van der Waals surface area contributed by atoms with Crippen molar-refractivity contribution >= 4 is 52.2 Å². The Kier molecular flexibility index (Phi) is 6.18. The Balaban J connectivity index is 1.46. The molecule has 10 heteroatoms. The summed E-state index contributed by atoms with van der Waals surface area (Å²) in [6, 6.07) is 11.2. The van der Waals surface area contributed by atoms with Gasteiger partial charge in [0.05, 0.1) is 21.8 Å². The fourth-order valence-electron chi connectivity index (χ4n) is 4.51. The summed E-state index contributed by atoms with van der Waals surface area (Å²) in [7, 11) is 0. The molecule has 176 valence electrons. The van der Waals surface area contributed by atoms with E-state index in [4.69, 9.17) is 34.8 Å². The first-order chi connectivity index (χ1) is 16.3. The second-order valence-electron chi connectivity index (χ2n) is 8.25. The Hall–Kier alpha value is -2.74. The molecule has 3 aromatic rings. The lowest BCUT2D eigenvalue weighted by Crippen LogP contribution is -2.50. The molecule has 0 radical (unpaired) electrons. The van der Waals surface area contributed by atoms with Gasteiger partial charge in [-0.15, -0.1) is 0 Å². The van der Waals surface area contributed by atoms with Gasteiger partial charge in [-0.3, -0.25) is 4.79 Å². The second-order valence-corrected chi connectivity index (χ2v) is 9.44. The molecule has 0 bridgehead atoms. The summed E-state index contributed by atoms with van der Waals surface area (Å²) in [6.45, 7) is 4.17. The summed E-state index contributed by atoms with van der Waals surface area (Å²) in [5.41, 5.74) is 2.82. The SMILES string of the molecule is CC1=C(C(=O)N2CCN(c3ccc(F)cc3)CC2)C(c2cccc(Cl)c2Cl)n2ncc(Cl)c2N1. The predicted molar refractivity (Wildman–Crippen MR) is 133 cm³/mol. The molecule has 1 saturated heterocycles. The van der Waals surface area contributed by atoms with Gasteiger partial charge in [0.1, 0.15) is 22.7 Å². The first-order valence-electron chi connectivity index (χ1n) is 10.8. The number of carbonyl (C=O) groups excluding carboxylic acids is 1. The number of allylic oxidation sites excluding steroid dienone is 1. The fourth-order valence-corrected chi connectivity index (χ4v) is 5.10. The van der Waals surface area contributed by atoms with Crippen molar-refractivity contribution in [1.29, 1.82) is 0 Å². The molecule has 1 unspecified atom stereocenters. The maximum Gasteiger partial charge on any atom is 0.254 e. The summed E-state index contributed by atoms with van der Waals surface area (Å²) < 4.78 is 15.0. The van der Waals surface area contributed by atoms with Crippen LogP contribution in [0, 0.1) is 5.82 Å². The number of benzene rings is 2. The molecule has 0 spiro atoms. The third-order valence-electron chi connectivity index (χ3n) is 6.24. The van der Waals surface area contributed by atoms with Crippen LogP contribution in [0.3, 0.4) is 0 Å². The normalized spacial score (nSPS) is 18.1. The highest BCUT2D eigenvalue weighted by Crippen LogP contribution is 2.43. The number of carbonyl (C=O) groups is 1. The molecular weight excluding hydrogens is 500 g/mol. The van der Waals surface area contributed by atoms with Crippen LogP contribution in [0.15, 0.2) is 59.9 Å². The number of aromatic nitrogens is 2. The van der Waals surface area contributed by atoms with Crippen molar-refractivity contribution in [1.82, 2.24) is 14.7 Å². The van der Waals surface area contributed by atoms with Gasteiger partial charge in [0.2, 0.25) is 0 Å². The summed E-state index contributed by atoms with van der Waals surface area (Å²) in [5, 5.41) is 8.88. The van der Waals surface area contributed by atoms with Crippen molar-refractivity contribution in [2.45, 2.75) is 13.0 Å². The molecule has 5 rings (SSSR count). The molecule has 6 nitrogen and oxygen atoms in total. The smallest absolute Gasteiger partial charge is 0.254 e. The molecule has 1 fully saturated rings. The quantitative estimate of drug-likeness (QED) is 0.487.